The van der Waals surface area contributed by atoms with Crippen molar-refractivity contribution in [2.75, 3.05) is 21.9 Å². The third-order valence-corrected chi connectivity index (χ3v) is 5.59. The van der Waals surface area contributed by atoms with Crippen molar-refractivity contribution in [1.29, 1.82) is 0 Å². The van der Waals surface area contributed by atoms with Gasteiger partial charge in [-0.15, -0.1) is 0 Å². The molecule has 0 saturated carbocycles. The lowest BCUT2D eigenvalue weighted by Gasteiger charge is -2.13. The van der Waals surface area contributed by atoms with Gasteiger partial charge in [0.2, 0.25) is 11.9 Å². The van der Waals surface area contributed by atoms with Crippen molar-refractivity contribution < 1.29 is 17.6 Å². The number of aromatic nitrogens is 2. The first kappa shape index (κ1) is 21.2. The van der Waals surface area contributed by atoms with Gasteiger partial charge < -0.3 is 10.6 Å². The fourth-order valence-electron chi connectivity index (χ4n) is 2.61. The molecule has 1 amide bonds. The topological polar surface area (TPSA) is 113 Å². The number of anilines is 3. The number of rotatable bonds is 8. The number of sulfonamides is 1. The van der Waals surface area contributed by atoms with Gasteiger partial charge in [0.05, 0.1) is 10.6 Å². The van der Waals surface area contributed by atoms with Crippen LogP contribution in [0, 0.1) is 12.7 Å². The van der Waals surface area contributed by atoms with Crippen molar-refractivity contribution in [2.45, 2.75) is 18.2 Å². The van der Waals surface area contributed by atoms with Gasteiger partial charge >= 0.3 is 0 Å². The highest BCUT2D eigenvalue weighted by atomic mass is 32.2. The molecular formula is C20H20FN5O3S. The Balaban J connectivity index is 1.67. The molecule has 156 valence electrons. The van der Waals surface area contributed by atoms with Crippen molar-refractivity contribution in [3.63, 3.8) is 0 Å². The minimum Gasteiger partial charge on any atom is -0.354 e. The number of nitrogens with one attached hydrogen (secondary N) is 3. The largest absolute Gasteiger partial charge is 0.354 e. The number of carbonyl (C=O) groups is 1. The van der Waals surface area contributed by atoms with E-state index in [2.05, 4.69) is 25.3 Å². The molecule has 0 radical (unpaired) electrons. The first-order valence-corrected chi connectivity index (χ1v) is 10.5. The highest BCUT2D eigenvalue weighted by Gasteiger charge is 2.19. The molecule has 10 heteroatoms. The maximum atomic E-state index is 13.8. The second-order valence-electron chi connectivity index (χ2n) is 6.36. The zero-order valence-corrected chi connectivity index (χ0v) is 16.9. The van der Waals surface area contributed by atoms with Crippen molar-refractivity contribution >= 4 is 33.3 Å². The third-order valence-electron chi connectivity index (χ3n) is 4.08. The molecule has 3 aromatic rings. The first-order chi connectivity index (χ1) is 14.3. The Morgan fingerprint density at radius 1 is 1.07 bits per heavy atom. The lowest BCUT2D eigenvalue weighted by molar-refractivity contribution is -0.115. The second-order valence-corrected chi connectivity index (χ2v) is 8.01. The van der Waals surface area contributed by atoms with Crippen LogP contribution in [0.15, 0.2) is 65.8 Å². The van der Waals surface area contributed by atoms with E-state index in [0.717, 1.165) is 6.07 Å². The van der Waals surface area contributed by atoms with Gasteiger partial charge in [0.25, 0.3) is 10.0 Å². The summed E-state index contributed by atoms with van der Waals surface area (Å²) in [7, 11) is -4.05. The number of aryl methyl sites for hydroxylation is 1. The number of hydrogen-bond acceptors (Lipinski definition) is 6. The fraction of sp³-hybridized carbons (Fsp3) is 0.150. The highest BCUT2D eigenvalue weighted by Crippen LogP contribution is 2.24. The molecule has 8 nitrogen and oxygen atoms in total. The molecular weight excluding hydrogens is 409 g/mol. The Bertz CT molecular complexity index is 1140. The van der Waals surface area contributed by atoms with Gasteiger partial charge in [-0.2, -0.15) is 0 Å². The Hall–Kier alpha value is -3.53. The van der Waals surface area contributed by atoms with E-state index in [-0.39, 0.29) is 22.9 Å². The molecule has 0 spiro atoms. The molecule has 0 unspecified atom stereocenters. The van der Waals surface area contributed by atoms with Crippen LogP contribution < -0.4 is 15.4 Å². The van der Waals surface area contributed by atoms with E-state index in [1.807, 2.05) is 0 Å². The van der Waals surface area contributed by atoms with Crippen molar-refractivity contribution in [2.24, 2.45) is 0 Å². The third kappa shape index (κ3) is 5.51. The van der Waals surface area contributed by atoms with E-state index in [9.17, 15) is 17.6 Å². The van der Waals surface area contributed by atoms with E-state index < -0.39 is 15.8 Å². The molecule has 2 aromatic carbocycles. The molecule has 1 aromatic heterocycles. The molecule has 3 rings (SSSR count). The molecule has 0 bridgehead atoms. The van der Waals surface area contributed by atoms with Gasteiger partial charge in [-0.1, -0.05) is 18.2 Å². The summed E-state index contributed by atoms with van der Waals surface area (Å²) < 4.78 is 41.5. The van der Waals surface area contributed by atoms with Gasteiger partial charge in [0, 0.05) is 31.0 Å². The number of nitrogens with zero attached hydrogens (tertiary/aromatic N) is 2. The summed E-state index contributed by atoms with van der Waals surface area (Å²) in [5.41, 5.74) is 0.621. The van der Waals surface area contributed by atoms with E-state index in [4.69, 9.17) is 0 Å². The van der Waals surface area contributed by atoms with Crippen LogP contribution >= 0.6 is 0 Å². The average Bonchev–Trinajstić information content (AvgIpc) is 2.72. The summed E-state index contributed by atoms with van der Waals surface area (Å²) in [6.07, 6.45) is 3.29. The Morgan fingerprint density at radius 2 is 1.80 bits per heavy atom. The fourth-order valence-corrected chi connectivity index (χ4v) is 3.95. The first-order valence-electron chi connectivity index (χ1n) is 9.04. The SMILES string of the molecule is Cc1ccc(NC(=O)CCNc2ncccn2)cc1S(=O)(=O)Nc1ccccc1F. The number of para-hydroxylation sites is 1. The number of benzene rings is 2. The quantitative estimate of drug-likeness (QED) is 0.507. The van der Waals surface area contributed by atoms with Gasteiger partial charge in [0.15, 0.2) is 0 Å². The van der Waals surface area contributed by atoms with Crippen LogP contribution in [-0.4, -0.2) is 30.8 Å². The lowest BCUT2D eigenvalue weighted by Crippen LogP contribution is -2.18. The monoisotopic (exact) mass is 429 g/mol. The van der Waals surface area contributed by atoms with E-state index in [1.54, 1.807) is 37.5 Å². The summed E-state index contributed by atoms with van der Waals surface area (Å²) in [4.78, 5) is 20.1. The molecule has 0 aliphatic carbocycles. The number of amides is 1. The molecule has 3 N–H and O–H groups in total. The number of carbonyl (C=O) groups excluding carboxylic acids is 1. The number of halogens is 1. The highest BCUT2D eigenvalue weighted by molar-refractivity contribution is 7.92. The predicted octanol–water partition coefficient (Wildman–Crippen LogP) is 3.17. The van der Waals surface area contributed by atoms with Crippen LogP contribution in [0.5, 0.6) is 0 Å². The normalized spacial score (nSPS) is 11.0. The summed E-state index contributed by atoms with van der Waals surface area (Å²) in [5, 5.41) is 5.57. The Kier molecular flexibility index (Phi) is 6.58. The van der Waals surface area contributed by atoms with Crippen molar-refractivity contribution in [1.82, 2.24) is 9.97 Å². The zero-order valence-electron chi connectivity index (χ0n) is 16.1. The summed E-state index contributed by atoms with van der Waals surface area (Å²) in [6, 6.07) is 11.7. The maximum absolute atomic E-state index is 13.8. The van der Waals surface area contributed by atoms with E-state index >= 15 is 0 Å². The summed E-state index contributed by atoms with van der Waals surface area (Å²) in [5.74, 6) is -0.584. The van der Waals surface area contributed by atoms with Crippen LogP contribution in [0.2, 0.25) is 0 Å². The van der Waals surface area contributed by atoms with Crippen molar-refractivity contribution in [3.8, 4) is 0 Å². The Labute approximate surface area is 173 Å². The Morgan fingerprint density at radius 3 is 2.53 bits per heavy atom. The zero-order chi connectivity index (χ0) is 21.6. The predicted molar refractivity (Wildman–Crippen MR) is 112 cm³/mol. The average molecular weight is 429 g/mol. The molecule has 0 aliphatic rings. The second kappa shape index (κ2) is 9.31. The van der Waals surface area contributed by atoms with Crippen LogP contribution in [0.3, 0.4) is 0 Å². The molecule has 30 heavy (non-hydrogen) atoms. The van der Waals surface area contributed by atoms with Gasteiger partial charge in [-0.05, 0) is 42.8 Å². The maximum Gasteiger partial charge on any atom is 0.262 e. The lowest BCUT2D eigenvalue weighted by atomic mass is 10.2. The van der Waals surface area contributed by atoms with Crippen LogP contribution in [0.25, 0.3) is 0 Å². The van der Waals surface area contributed by atoms with Gasteiger partial charge in [-0.3, -0.25) is 9.52 Å². The summed E-state index contributed by atoms with van der Waals surface area (Å²) >= 11 is 0. The van der Waals surface area contributed by atoms with Crippen LogP contribution in [0.1, 0.15) is 12.0 Å². The van der Waals surface area contributed by atoms with Crippen LogP contribution in [0.4, 0.5) is 21.7 Å². The van der Waals surface area contributed by atoms with Gasteiger partial charge in [-0.25, -0.2) is 22.8 Å². The van der Waals surface area contributed by atoms with Crippen LogP contribution in [-0.2, 0) is 14.8 Å². The van der Waals surface area contributed by atoms with Gasteiger partial charge in [0.1, 0.15) is 5.82 Å². The summed E-state index contributed by atoms with van der Waals surface area (Å²) in [6.45, 7) is 1.92. The van der Waals surface area contributed by atoms with E-state index in [0.29, 0.717) is 23.7 Å². The van der Waals surface area contributed by atoms with E-state index in [1.165, 1.54) is 24.3 Å². The molecule has 0 aliphatic heterocycles. The molecule has 0 saturated heterocycles. The smallest absolute Gasteiger partial charge is 0.262 e. The number of hydrogen-bond donors (Lipinski definition) is 3. The minimum atomic E-state index is -4.05. The molecule has 0 fully saturated rings. The molecule has 0 atom stereocenters. The molecule has 1 heterocycles. The van der Waals surface area contributed by atoms with Crippen molar-refractivity contribution in [3.05, 3.63) is 72.3 Å². The minimum absolute atomic E-state index is 0.0561. The standard InChI is InChI=1S/C20H20FN5O3S/c1-14-7-8-15(25-19(27)9-12-24-20-22-10-4-11-23-20)13-18(14)30(28,29)26-17-6-3-2-5-16(17)21/h2-8,10-11,13,26H,9,12H2,1H3,(H,25,27)(H,22,23,24).